The fourth-order valence-electron chi connectivity index (χ4n) is 3.19. The lowest BCUT2D eigenvalue weighted by molar-refractivity contribution is -0.135. The zero-order valence-corrected chi connectivity index (χ0v) is 12.1. The Hall–Kier alpha value is -3.20. The summed E-state index contributed by atoms with van der Waals surface area (Å²) < 4.78 is 1.87. The topological polar surface area (TPSA) is 87.8 Å². The highest BCUT2D eigenvalue weighted by molar-refractivity contribution is 6.09. The molecule has 1 saturated heterocycles. The molecule has 6 nitrogen and oxygen atoms in total. The highest BCUT2D eigenvalue weighted by atomic mass is 16.2. The molecule has 1 aliphatic heterocycles. The number of pyridine rings is 1. The molecule has 0 saturated carbocycles. The van der Waals surface area contributed by atoms with Gasteiger partial charge in [-0.25, -0.2) is 4.98 Å². The van der Waals surface area contributed by atoms with E-state index in [0.717, 1.165) is 16.3 Å². The van der Waals surface area contributed by atoms with Gasteiger partial charge in [-0.05, 0) is 36.8 Å². The molecular weight excluding hydrogens is 292 g/mol. The third kappa shape index (κ3) is 1.98. The average Bonchev–Trinajstić information content (AvgIpc) is 2.89. The van der Waals surface area contributed by atoms with E-state index in [1.807, 2.05) is 28.8 Å². The van der Waals surface area contributed by atoms with Gasteiger partial charge in [-0.2, -0.15) is 5.26 Å². The van der Waals surface area contributed by atoms with Gasteiger partial charge in [0.2, 0.25) is 11.8 Å². The summed E-state index contributed by atoms with van der Waals surface area (Å²) in [5.41, 5.74) is 2.09. The molecule has 23 heavy (non-hydrogen) atoms. The predicted octanol–water partition coefficient (Wildman–Crippen LogP) is 2.04. The SMILES string of the molecule is N#Cc1ccc2c(c1)c1cccnc1n2C1CCC(=O)NC1=O. The van der Waals surface area contributed by atoms with Crippen molar-refractivity contribution >= 4 is 33.8 Å². The molecule has 6 heteroatoms. The van der Waals surface area contributed by atoms with Crippen LogP contribution in [0.5, 0.6) is 0 Å². The van der Waals surface area contributed by atoms with Gasteiger partial charge in [-0.1, -0.05) is 0 Å². The van der Waals surface area contributed by atoms with E-state index in [2.05, 4.69) is 16.4 Å². The molecule has 3 heterocycles. The van der Waals surface area contributed by atoms with Gasteiger partial charge in [0.05, 0.1) is 17.1 Å². The maximum atomic E-state index is 12.3. The normalized spacial score (nSPS) is 18.1. The van der Waals surface area contributed by atoms with Gasteiger partial charge >= 0.3 is 0 Å². The molecule has 1 N–H and O–H groups in total. The first kappa shape index (κ1) is 13.5. The molecular formula is C17H12N4O2. The molecule has 2 amide bonds. The standard InChI is InChI=1S/C17H12N4O2/c18-9-10-3-4-13-12(8-10)11-2-1-7-19-16(11)21(13)14-5-6-15(22)20-17(14)23/h1-4,7-8,14H,5-6H2,(H,20,22,23). The van der Waals surface area contributed by atoms with E-state index in [1.165, 1.54) is 0 Å². The third-order valence-electron chi connectivity index (χ3n) is 4.21. The van der Waals surface area contributed by atoms with Gasteiger partial charge < -0.3 is 4.57 Å². The molecule has 112 valence electrons. The minimum Gasteiger partial charge on any atom is -0.313 e. The van der Waals surface area contributed by atoms with E-state index >= 15 is 0 Å². The van der Waals surface area contributed by atoms with Gasteiger partial charge in [0.15, 0.2) is 0 Å². The number of fused-ring (bicyclic) bond motifs is 3. The first-order chi connectivity index (χ1) is 11.2. The number of benzene rings is 1. The number of aromatic nitrogens is 2. The Morgan fingerprint density at radius 2 is 2.13 bits per heavy atom. The molecule has 2 aromatic heterocycles. The summed E-state index contributed by atoms with van der Waals surface area (Å²) >= 11 is 0. The number of carbonyl (C=O) groups is 2. The number of piperidine rings is 1. The van der Waals surface area contributed by atoms with Gasteiger partial charge in [-0.15, -0.1) is 0 Å². The third-order valence-corrected chi connectivity index (χ3v) is 4.21. The van der Waals surface area contributed by atoms with Crippen molar-refractivity contribution < 1.29 is 9.59 Å². The molecule has 1 fully saturated rings. The Morgan fingerprint density at radius 3 is 2.91 bits per heavy atom. The van der Waals surface area contributed by atoms with Crippen molar-refractivity contribution in [3.8, 4) is 6.07 Å². The fourth-order valence-corrected chi connectivity index (χ4v) is 3.19. The van der Waals surface area contributed by atoms with Crippen LogP contribution in [0.25, 0.3) is 21.9 Å². The lowest BCUT2D eigenvalue weighted by Gasteiger charge is -2.23. The van der Waals surface area contributed by atoms with Crippen LogP contribution in [0.15, 0.2) is 36.5 Å². The number of nitrogens with zero attached hydrogens (tertiary/aromatic N) is 3. The Morgan fingerprint density at radius 1 is 1.26 bits per heavy atom. The van der Waals surface area contributed by atoms with Crippen LogP contribution in [0.3, 0.4) is 0 Å². The molecule has 1 unspecified atom stereocenters. The van der Waals surface area contributed by atoms with Crippen molar-refractivity contribution in [1.29, 1.82) is 5.26 Å². The lowest BCUT2D eigenvalue weighted by Crippen LogP contribution is -2.41. The molecule has 1 aromatic carbocycles. The quantitative estimate of drug-likeness (QED) is 0.697. The lowest BCUT2D eigenvalue weighted by atomic mass is 10.1. The van der Waals surface area contributed by atoms with Crippen molar-refractivity contribution in [2.24, 2.45) is 0 Å². The van der Waals surface area contributed by atoms with Crippen molar-refractivity contribution in [1.82, 2.24) is 14.9 Å². The smallest absolute Gasteiger partial charge is 0.249 e. The summed E-state index contributed by atoms with van der Waals surface area (Å²) in [6, 6.07) is 10.8. The summed E-state index contributed by atoms with van der Waals surface area (Å²) in [6.45, 7) is 0. The molecule has 0 spiro atoms. The van der Waals surface area contributed by atoms with E-state index in [9.17, 15) is 9.59 Å². The van der Waals surface area contributed by atoms with Crippen LogP contribution in [0.4, 0.5) is 0 Å². The second-order valence-electron chi connectivity index (χ2n) is 5.56. The summed E-state index contributed by atoms with van der Waals surface area (Å²) in [5.74, 6) is -0.554. The second-order valence-corrected chi connectivity index (χ2v) is 5.56. The summed E-state index contributed by atoms with van der Waals surface area (Å²) in [6.07, 6.45) is 2.43. The van der Waals surface area contributed by atoms with Gasteiger partial charge in [0, 0.05) is 23.4 Å². The number of nitrogens with one attached hydrogen (secondary N) is 1. The zero-order valence-electron chi connectivity index (χ0n) is 12.1. The van der Waals surface area contributed by atoms with Crippen molar-refractivity contribution in [2.75, 3.05) is 0 Å². The van der Waals surface area contributed by atoms with Crippen molar-refractivity contribution in [3.63, 3.8) is 0 Å². The summed E-state index contributed by atoms with van der Waals surface area (Å²) in [5, 5.41) is 13.3. The Bertz CT molecular complexity index is 1010. The van der Waals surface area contributed by atoms with Crippen molar-refractivity contribution in [2.45, 2.75) is 18.9 Å². The Balaban J connectivity index is 2.03. The first-order valence-corrected chi connectivity index (χ1v) is 7.31. The molecule has 0 aliphatic carbocycles. The van der Waals surface area contributed by atoms with E-state index in [0.29, 0.717) is 24.1 Å². The number of imide groups is 1. The minimum absolute atomic E-state index is 0.244. The van der Waals surface area contributed by atoms with Crippen LogP contribution in [0.2, 0.25) is 0 Å². The van der Waals surface area contributed by atoms with Crippen LogP contribution in [0, 0.1) is 11.3 Å². The predicted molar refractivity (Wildman–Crippen MR) is 83.4 cm³/mol. The van der Waals surface area contributed by atoms with Crippen LogP contribution < -0.4 is 5.32 Å². The van der Waals surface area contributed by atoms with E-state index in [-0.39, 0.29) is 11.8 Å². The fraction of sp³-hybridized carbons (Fsp3) is 0.176. The van der Waals surface area contributed by atoms with Crippen LogP contribution in [-0.2, 0) is 9.59 Å². The number of carbonyl (C=O) groups excluding carboxylic acids is 2. The number of rotatable bonds is 1. The maximum absolute atomic E-state index is 12.3. The van der Waals surface area contributed by atoms with E-state index in [1.54, 1.807) is 12.3 Å². The van der Waals surface area contributed by atoms with Crippen LogP contribution in [0.1, 0.15) is 24.4 Å². The number of amides is 2. The number of nitriles is 1. The van der Waals surface area contributed by atoms with Gasteiger partial charge in [-0.3, -0.25) is 14.9 Å². The molecule has 0 radical (unpaired) electrons. The molecule has 0 bridgehead atoms. The van der Waals surface area contributed by atoms with E-state index < -0.39 is 6.04 Å². The number of hydrogen-bond acceptors (Lipinski definition) is 4. The minimum atomic E-state index is -0.476. The van der Waals surface area contributed by atoms with Crippen LogP contribution in [-0.4, -0.2) is 21.4 Å². The van der Waals surface area contributed by atoms with Crippen molar-refractivity contribution in [3.05, 3.63) is 42.1 Å². The monoisotopic (exact) mass is 304 g/mol. The van der Waals surface area contributed by atoms with Gasteiger partial charge in [0.1, 0.15) is 11.7 Å². The highest BCUT2D eigenvalue weighted by Gasteiger charge is 2.30. The summed E-state index contributed by atoms with van der Waals surface area (Å²) in [4.78, 5) is 28.1. The summed E-state index contributed by atoms with van der Waals surface area (Å²) in [7, 11) is 0. The molecule has 1 atom stereocenters. The van der Waals surface area contributed by atoms with Crippen LogP contribution >= 0.6 is 0 Å². The Kier molecular flexibility index (Phi) is 2.88. The molecule has 3 aromatic rings. The maximum Gasteiger partial charge on any atom is 0.249 e. The first-order valence-electron chi connectivity index (χ1n) is 7.31. The van der Waals surface area contributed by atoms with Gasteiger partial charge in [0.25, 0.3) is 0 Å². The average molecular weight is 304 g/mol. The Labute approximate surface area is 131 Å². The van der Waals surface area contributed by atoms with E-state index in [4.69, 9.17) is 5.26 Å². The highest BCUT2D eigenvalue weighted by Crippen LogP contribution is 2.33. The second kappa shape index (κ2) is 4.92. The number of hydrogen-bond donors (Lipinski definition) is 1. The largest absolute Gasteiger partial charge is 0.313 e. The molecule has 4 rings (SSSR count). The zero-order chi connectivity index (χ0) is 16.0. The molecule has 1 aliphatic rings.